The zero-order chi connectivity index (χ0) is 15.9. The molecule has 2 unspecified atom stereocenters. The first-order valence-electron chi connectivity index (χ1n) is 9.01. The van der Waals surface area contributed by atoms with Gasteiger partial charge in [-0.05, 0) is 44.4 Å². The molecule has 1 amide bonds. The maximum atomic E-state index is 12.7. The summed E-state index contributed by atoms with van der Waals surface area (Å²) < 4.78 is 5.15. The molecular weight excluding hydrogens is 292 g/mol. The zero-order valence-electron chi connectivity index (χ0n) is 13.8. The molecule has 2 aliphatic heterocycles. The van der Waals surface area contributed by atoms with Crippen molar-refractivity contribution in [3.05, 3.63) is 11.7 Å². The van der Waals surface area contributed by atoms with E-state index in [-0.39, 0.29) is 5.91 Å². The SMILES string of the molecule is Cc1nc(C2(NC(=O)CC3CC4CCC(C3)N4)CCCC2)no1. The van der Waals surface area contributed by atoms with E-state index in [1.165, 1.54) is 12.8 Å². The number of aryl methyl sites for hydroxylation is 1. The van der Waals surface area contributed by atoms with E-state index in [0.717, 1.165) is 38.5 Å². The van der Waals surface area contributed by atoms with Gasteiger partial charge >= 0.3 is 0 Å². The number of rotatable bonds is 4. The molecule has 23 heavy (non-hydrogen) atoms. The van der Waals surface area contributed by atoms with Gasteiger partial charge in [0, 0.05) is 25.4 Å². The fraction of sp³-hybridized carbons (Fsp3) is 0.824. The Balaban J connectivity index is 1.42. The third kappa shape index (κ3) is 3.01. The highest BCUT2D eigenvalue weighted by Gasteiger charge is 2.42. The van der Waals surface area contributed by atoms with Gasteiger partial charge in [0.2, 0.25) is 11.8 Å². The molecule has 4 rings (SSSR count). The van der Waals surface area contributed by atoms with Gasteiger partial charge in [0.15, 0.2) is 5.82 Å². The highest BCUT2D eigenvalue weighted by Crippen LogP contribution is 2.38. The summed E-state index contributed by atoms with van der Waals surface area (Å²) in [5.74, 6) is 1.89. The van der Waals surface area contributed by atoms with Crippen molar-refractivity contribution in [3.63, 3.8) is 0 Å². The van der Waals surface area contributed by atoms with Gasteiger partial charge < -0.3 is 15.2 Å². The number of nitrogens with zero attached hydrogens (tertiary/aromatic N) is 2. The van der Waals surface area contributed by atoms with Crippen LogP contribution in [0.5, 0.6) is 0 Å². The van der Waals surface area contributed by atoms with Crippen molar-refractivity contribution in [2.75, 3.05) is 0 Å². The van der Waals surface area contributed by atoms with Crippen LogP contribution in [0, 0.1) is 12.8 Å². The molecule has 1 aromatic rings. The van der Waals surface area contributed by atoms with Gasteiger partial charge in [0.25, 0.3) is 0 Å². The van der Waals surface area contributed by atoms with Crippen LogP contribution >= 0.6 is 0 Å². The van der Waals surface area contributed by atoms with Gasteiger partial charge in [-0.15, -0.1) is 0 Å². The predicted octanol–water partition coefficient (Wildman–Crippen LogP) is 2.18. The van der Waals surface area contributed by atoms with E-state index in [9.17, 15) is 4.79 Å². The van der Waals surface area contributed by atoms with E-state index in [4.69, 9.17) is 4.52 Å². The number of hydrogen-bond donors (Lipinski definition) is 2. The molecule has 0 radical (unpaired) electrons. The van der Waals surface area contributed by atoms with Crippen LogP contribution in [0.4, 0.5) is 0 Å². The van der Waals surface area contributed by atoms with Crippen molar-refractivity contribution >= 4 is 5.91 Å². The van der Waals surface area contributed by atoms with Crippen molar-refractivity contribution in [1.82, 2.24) is 20.8 Å². The second kappa shape index (κ2) is 5.89. The molecule has 2 bridgehead atoms. The van der Waals surface area contributed by atoms with Gasteiger partial charge in [0.05, 0.1) is 0 Å². The molecule has 2 N–H and O–H groups in total. The lowest BCUT2D eigenvalue weighted by Gasteiger charge is -2.31. The van der Waals surface area contributed by atoms with Crippen molar-refractivity contribution in [2.24, 2.45) is 5.92 Å². The Morgan fingerprint density at radius 2 is 2.00 bits per heavy atom. The minimum atomic E-state index is -0.402. The molecule has 2 saturated heterocycles. The van der Waals surface area contributed by atoms with E-state index in [2.05, 4.69) is 20.8 Å². The number of piperidine rings is 1. The normalized spacial score (nSPS) is 32.1. The molecular formula is C17H26N4O2. The van der Waals surface area contributed by atoms with Crippen molar-refractivity contribution in [1.29, 1.82) is 0 Å². The van der Waals surface area contributed by atoms with Crippen LogP contribution < -0.4 is 10.6 Å². The molecule has 2 atom stereocenters. The lowest BCUT2D eigenvalue weighted by molar-refractivity contribution is -0.124. The average molecular weight is 318 g/mol. The summed E-state index contributed by atoms with van der Waals surface area (Å²) in [5.41, 5.74) is -0.402. The molecule has 126 valence electrons. The van der Waals surface area contributed by atoms with E-state index < -0.39 is 5.54 Å². The highest BCUT2D eigenvalue weighted by atomic mass is 16.5. The molecule has 1 saturated carbocycles. The van der Waals surface area contributed by atoms with E-state index >= 15 is 0 Å². The van der Waals surface area contributed by atoms with Gasteiger partial charge in [-0.1, -0.05) is 18.0 Å². The summed E-state index contributed by atoms with van der Waals surface area (Å²) in [5, 5.41) is 11.0. The van der Waals surface area contributed by atoms with Gasteiger partial charge in [-0.25, -0.2) is 0 Å². The maximum Gasteiger partial charge on any atom is 0.223 e. The maximum absolute atomic E-state index is 12.7. The molecule has 6 nitrogen and oxygen atoms in total. The molecule has 6 heteroatoms. The smallest absolute Gasteiger partial charge is 0.223 e. The number of hydrogen-bond acceptors (Lipinski definition) is 5. The minimum absolute atomic E-state index is 0.153. The van der Waals surface area contributed by atoms with Gasteiger partial charge in [-0.3, -0.25) is 4.79 Å². The quantitative estimate of drug-likeness (QED) is 0.889. The highest BCUT2D eigenvalue weighted by molar-refractivity contribution is 5.77. The Morgan fingerprint density at radius 3 is 2.61 bits per heavy atom. The Morgan fingerprint density at radius 1 is 1.30 bits per heavy atom. The lowest BCUT2D eigenvalue weighted by atomic mass is 9.88. The summed E-state index contributed by atoms with van der Waals surface area (Å²) in [7, 11) is 0. The number of aromatic nitrogens is 2. The molecule has 0 aromatic carbocycles. The second-order valence-corrected chi connectivity index (χ2v) is 7.65. The molecule has 3 heterocycles. The van der Waals surface area contributed by atoms with Crippen LogP contribution in [0.25, 0.3) is 0 Å². The molecule has 0 spiro atoms. The average Bonchev–Trinajstić information content (AvgIpc) is 3.21. The van der Waals surface area contributed by atoms with Crippen molar-refractivity contribution in [3.8, 4) is 0 Å². The molecule has 3 aliphatic rings. The number of carbonyl (C=O) groups excluding carboxylic acids is 1. The van der Waals surface area contributed by atoms with Crippen LogP contribution in [0.2, 0.25) is 0 Å². The number of nitrogens with one attached hydrogen (secondary N) is 2. The van der Waals surface area contributed by atoms with Crippen LogP contribution in [-0.4, -0.2) is 28.1 Å². The summed E-state index contributed by atoms with van der Waals surface area (Å²) in [6.45, 7) is 1.80. The van der Waals surface area contributed by atoms with E-state index in [0.29, 0.717) is 36.1 Å². The topological polar surface area (TPSA) is 80.0 Å². The first-order valence-corrected chi connectivity index (χ1v) is 9.01. The predicted molar refractivity (Wildman–Crippen MR) is 84.6 cm³/mol. The fourth-order valence-electron chi connectivity index (χ4n) is 4.80. The van der Waals surface area contributed by atoms with Crippen molar-refractivity contribution < 1.29 is 9.32 Å². The van der Waals surface area contributed by atoms with Gasteiger partial charge in [-0.2, -0.15) is 4.98 Å². The van der Waals surface area contributed by atoms with E-state index in [1.807, 2.05) is 0 Å². The van der Waals surface area contributed by atoms with E-state index in [1.54, 1.807) is 6.92 Å². The monoisotopic (exact) mass is 318 g/mol. The minimum Gasteiger partial charge on any atom is -0.343 e. The number of carbonyl (C=O) groups is 1. The molecule has 1 aliphatic carbocycles. The Hall–Kier alpha value is -1.43. The van der Waals surface area contributed by atoms with Crippen molar-refractivity contribution in [2.45, 2.75) is 82.3 Å². The third-order valence-corrected chi connectivity index (χ3v) is 5.84. The summed E-state index contributed by atoms with van der Waals surface area (Å²) >= 11 is 0. The molecule has 3 fully saturated rings. The first-order chi connectivity index (χ1) is 11.1. The number of fused-ring (bicyclic) bond motifs is 2. The Bertz CT molecular complexity index is 567. The summed E-state index contributed by atoms with van der Waals surface area (Å²) in [4.78, 5) is 17.1. The second-order valence-electron chi connectivity index (χ2n) is 7.65. The summed E-state index contributed by atoms with van der Waals surface area (Å²) in [6.07, 6.45) is 9.48. The Labute approximate surface area is 136 Å². The summed E-state index contributed by atoms with van der Waals surface area (Å²) in [6, 6.07) is 1.26. The van der Waals surface area contributed by atoms with Crippen LogP contribution in [0.3, 0.4) is 0 Å². The fourth-order valence-corrected chi connectivity index (χ4v) is 4.80. The third-order valence-electron chi connectivity index (χ3n) is 5.84. The Kier molecular flexibility index (Phi) is 3.87. The van der Waals surface area contributed by atoms with Gasteiger partial charge in [0.1, 0.15) is 5.54 Å². The zero-order valence-corrected chi connectivity index (χ0v) is 13.8. The molecule has 1 aromatic heterocycles. The van der Waals surface area contributed by atoms with Crippen LogP contribution in [0.15, 0.2) is 4.52 Å². The first kappa shape index (κ1) is 15.1. The largest absolute Gasteiger partial charge is 0.343 e. The van der Waals surface area contributed by atoms with Crippen LogP contribution in [0.1, 0.15) is 69.5 Å². The number of amides is 1. The standard InChI is InChI=1S/C17H26N4O2/c1-11-18-16(21-23-11)17(6-2-3-7-17)20-15(22)10-12-8-13-4-5-14(9-12)19-13/h12-14,19H,2-10H2,1H3,(H,20,22). The van der Waals surface area contributed by atoms with Crippen LogP contribution in [-0.2, 0) is 10.3 Å². The lowest BCUT2D eigenvalue weighted by Crippen LogP contribution is -2.46.